The predicted octanol–water partition coefficient (Wildman–Crippen LogP) is 12.4. The van der Waals surface area contributed by atoms with E-state index >= 15 is 0 Å². The Labute approximate surface area is 316 Å². The average Bonchev–Trinajstić information content (AvgIpc) is 3.89. The van der Waals surface area contributed by atoms with Crippen LogP contribution in [0.5, 0.6) is 0 Å². The van der Waals surface area contributed by atoms with Gasteiger partial charge in [-0.25, -0.2) is 0 Å². The van der Waals surface area contributed by atoms with Crippen LogP contribution in [-0.4, -0.2) is 13.7 Å². The van der Waals surface area contributed by atoms with Crippen molar-refractivity contribution in [3.05, 3.63) is 187 Å². The Morgan fingerprint density at radius 2 is 0.818 bits per heavy atom. The zero-order chi connectivity index (χ0) is 36.6. The average molecular weight is 700 g/mol. The maximum atomic E-state index is 10.5. The summed E-state index contributed by atoms with van der Waals surface area (Å²) in [4.78, 5) is 0. The minimum atomic E-state index is 0.607. The summed E-state index contributed by atoms with van der Waals surface area (Å²) in [5, 5.41) is 27.6. The summed E-state index contributed by atoms with van der Waals surface area (Å²) in [6, 6.07) is 65.8. The fourth-order valence-electron chi connectivity index (χ4n) is 8.77. The summed E-state index contributed by atoms with van der Waals surface area (Å²) in [5.41, 5.74) is 12.4. The third-order valence-corrected chi connectivity index (χ3v) is 11.1. The van der Waals surface area contributed by atoms with Crippen molar-refractivity contribution in [3.63, 3.8) is 0 Å². The molecule has 55 heavy (non-hydrogen) atoms. The van der Waals surface area contributed by atoms with E-state index in [-0.39, 0.29) is 0 Å². The molecule has 0 amide bonds. The van der Waals surface area contributed by atoms with Crippen LogP contribution in [0.3, 0.4) is 0 Å². The molecule has 254 valence electrons. The van der Waals surface area contributed by atoms with Crippen LogP contribution in [0.4, 0.5) is 0 Å². The van der Waals surface area contributed by atoms with Crippen LogP contribution >= 0.6 is 0 Å². The predicted molar refractivity (Wildman–Crippen MR) is 224 cm³/mol. The number of aromatic nitrogens is 3. The van der Waals surface area contributed by atoms with Gasteiger partial charge in [0.2, 0.25) is 0 Å². The first-order chi connectivity index (χ1) is 27.2. The minimum Gasteiger partial charge on any atom is -0.309 e. The monoisotopic (exact) mass is 699 g/mol. The Morgan fingerprint density at radius 3 is 1.33 bits per heavy atom. The van der Waals surface area contributed by atoms with E-state index in [9.17, 15) is 10.5 Å². The van der Waals surface area contributed by atoms with Crippen molar-refractivity contribution in [3.8, 4) is 40.3 Å². The Bertz CT molecular complexity index is 3350. The molecule has 0 atom stereocenters. The van der Waals surface area contributed by atoms with Gasteiger partial charge in [0.15, 0.2) is 0 Å². The SMILES string of the molecule is N#Cc1cc(-n2c3ccccc3c3ccccc32)c2c(c1)c1ccccc1n2-c1ccc(-c2ccc(-n3c4ccccc4c4ccccc43)cc2C#N)cc1. The van der Waals surface area contributed by atoms with E-state index < -0.39 is 0 Å². The van der Waals surface area contributed by atoms with Crippen molar-refractivity contribution in [1.82, 2.24) is 13.7 Å². The molecule has 0 saturated heterocycles. The zero-order valence-corrected chi connectivity index (χ0v) is 29.5. The molecular formula is C50H29N5. The molecule has 0 bridgehead atoms. The van der Waals surface area contributed by atoms with Crippen LogP contribution in [0.15, 0.2) is 176 Å². The van der Waals surface area contributed by atoms with Gasteiger partial charge in [-0.1, -0.05) is 109 Å². The van der Waals surface area contributed by atoms with Gasteiger partial charge in [-0.2, -0.15) is 10.5 Å². The number of rotatable bonds is 4. The van der Waals surface area contributed by atoms with Gasteiger partial charge < -0.3 is 13.7 Å². The molecule has 3 aromatic heterocycles. The molecule has 0 N–H and O–H groups in total. The fraction of sp³-hybridized carbons (Fsp3) is 0. The van der Waals surface area contributed by atoms with Crippen molar-refractivity contribution in [2.45, 2.75) is 0 Å². The van der Waals surface area contributed by atoms with Gasteiger partial charge in [0.05, 0.1) is 62.1 Å². The quantitative estimate of drug-likeness (QED) is 0.184. The second-order valence-corrected chi connectivity index (χ2v) is 14.0. The molecule has 5 heteroatoms. The molecular weight excluding hydrogens is 671 g/mol. The van der Waals surface area contributed by atoms with Crippen LogP contribution in [0.2, 0.25) is 0 Å². The smallest absolute Gasteiger partial charge is 0.0998 e. The fourth-order valence-corrected chi connectivity index (χ4v) is 8.77. The molecule has 0 aliphatic rings. The summed E-state index contributed by atoms with van der Waals surface area (Å²) in [7, 11) is 0. The number of hydrogen-bond donors (Lipinski definition) is 0. The van der Waals surface area contributed by atoms with E-state index in [0.717, 1.165) is 82.8 Å². The van der Waals surface area contributed by atoms with Gasteiger partial charge in [0, 0.05) is 43.7 Å². The first-order valence-electron chi connectivity index (χ1n) is 18.3. The standard InChI is InChI=1S/C50H29N5/c51-30-32-27-43-42-15-5-8-18-46(42)54(50(43)49(28-32)55-47-19-9-3-13-40(47)41-14-4-10-20-48(41)55)35-23-21-33(22-24-35)37-26-25-36(29-34(37)31-52)53-44-16-6-1-11-38(44)39-12-2-7-17-45(39)53/h1-29H. The Morgan fingerprint density at radius 1 is 0.364 bits per heavy atom. The van der Waals surface area contributed by atoms with Gasteiger partial charge in [0.1, 0.15) is 0 Å². The normalized spacial score (nSPS) is 11.6. The van der Waals surface area contributed by atoms with Gasteiger partial charge in [-0.3, -0.25) is 0 Å². The number of fused-ring (bicyclic) bond motifs is 9. The van der Waals surface area contributed by atoms with Crippen molar-refractivity contribution in [2.24, 2.45) is 0 Å². The highest BCUT2D eigenvalue weighted by Crippen LogP contribution is 2.41. The summed E-state index contributed by atoms with van der Waals surface area (Å²) < 4.78 is 6.85. The van der Waals surface area contributed by atoms with Crippen molar-refractivity contribution in [2.75, 3.05) is 0 Å². The van der Waals surface area contributed by atoms with E-state index in [1.807, 2.05) is 18.2 Å². The second-order valence-electron chi connectivity index (χ2n) is 14.0. The minimum absolute atomic E-state index is 0.607. The lowest BCUT2D eigenvalue weighted by atomic mass is 9.99. The topological polar surface area (TPSA) is 62.4 Å². The van der Waals surface area contributed by atoms with Crippen molar-refractivity contribution < 1.29 is 0 Å². The second kappa shape index (κ2) is 11.8. The summed E-state index contributed by atoms with van der Waals surface area (Å²) in [6.45, 7) is 0. The molecule has 0 spiro atoms. The third kappa shape index (κ3) is 4.45. The van der Waals surface area contributed by atoms with E-state index in [4.69, 9.17) is 0 Å². The maximum Gasteiger partial charge on any atom is 0.0998 e. The molecule has 8 aromatic carbocycles. The number of para-hydroxylation sites is 5. The lowest BCUT2D eigenvalue weighted by Gasteiger charge is -2.15. The first kappa shape index (κ1) is 30.7. The third-order valence-electron chi connectivity index (χ3n) is 11.1. The van der Waals surface area contributed by atoms with Crippen molar-refractivity contribution in [1.29, 1.82) is 10.5 Å². The maximum absolute atomic E-state index is 10.5. The van der Waals surface area contributed by atoms with Crippen LogP contribution in [-0.2, 0) is 0 Å². The number of benzene rings is 8. The highest BCUT2D eigenvalue weighted by atomic mass is 15.1. The Kier molecular flexibility index (Phi) is 6.61. The van der Waals surface area contributed by atoms with Gasteiger partial charge >= 0.3 is 0 Å². The van der Waals surface area contributed by atoms with E-state index in [1.54, 1.807) is 0 Å². The van der Waals surface area contributed by atoms with Gasteiger partial charge in [-0.05, 0) is 77.9 Å². The Balaban J connectivity index is 1.10. The first-order valence-corrected chi connectivity index (χ1v) is 18.3. The molecule has 0 aliphatic heterocycles. The van der Waals surface area contributed by atoms with Crippen LogP contribution in [0.25, 0.3) is 93.6 Å². The van der Waals surface area contributed by atoms with Gasteiger partial charge in [0.25, 0.3) is 0 Å². The van der Waals surface area contributed by atoms with Crippen LogP contribution < -0.4 is 0 Å². The summed E-state index contributed by atoms with van der Waals surface area (Å²) in [5.74, 6) is 0. The molecule has 0 aliphatic carbocycles. The molecule has 3 heterocycles. The largest absolute Gasteiger partial charge is 0.309 e. The number of nitriles is 2. The number of hydrogen-bond acceptors (Lipinski definition) is 2. The van der Waals surface area contributed by atoms with Crippen LogP contribution in [0.1, 0.15) is 11.1 Å². The Hall–Kier alpha value is -7.86. The van der Waals surface area contributed by atoms with E-state index in [0.29, 0.717) is 11.1 Å². The molecule has 0 unspecified atom stereocenters. The summed E-state index contributed by atoms with van der Waals surface area (Å²) >= 11 is 0. The lowest BCUT2D eigenvalue weighted by Crippen LogP contribution is -2.01. The summed E-state index contributed by atoms with van der Waals surface area (Å²) in [6.07, 6.45) is 0. The van der Waals surface area contributed by atoms with Crippen molar-refractivity contribution >= 4 is 65.4 Å². The van der Waals surface area contributed by atoms with Gasteiger partial charge in [-0.15, -0.1) is 0 Å². The van der Waals surface area contributed by atoms with Crippen LogP contribution in [0, 0.1) is 22.7 Å². The van der Waals surface area contributed by atoms with E-state index in [1.165, 1.54) is 10.8 Å². The highest BCUT2D eigenvalue weighted by Gasteiger charge is 2.21. The molecule has 0 saturated carbocycles. The van der Waals surface area contributed by atoms with E-state index in [2.05, 4.69) is 184 Å². The molecule has 5 nitrogen and oxygen atoms in total. The zero-order valence-electron chi connectivity index (χ0n) is 29.5. The number of nitrogens with zero attached hydrogens (tertiary/aromatic N) is 5. The highest BCUT2D eigenvalue weighted by molar-refractivity contribution is 6.15. The molecule has 0 fully saturated rings. The molecule has 11 rings (SSSR count). The molecule has 0 radical (unpaired) electrons. The lowest BCUT2D eigenvalue weighted by molar-refractivity contribution is 1.13. The molecule has 11 aromatic rings.